The summed E-state index contributed by atoms with van der Waals surface area (Å²) in [6.07, 6.45) is 1.50. The van der Waals surface area contributed by atoms with Crippen LogP contribution in [0, 0.1) is 0 Å². The van der Waals surface area contributed by atoms with Gasteiger partial charge in [-0.05, 0) is 42.3 Å². The van der Waals surface area contributed by atoms with Crippen LogP contribution in [0.15, 0.2) is 42.5 Å². The molecule has 1 aliphatic rings. The van der Waals surface area contributed by atoms with Crippen LogP contribution in [0.2, 0.25) is 5.02 Å². The first-order valence-electron chi connectivity index (χ1n) is 8.08. The molecule has 6 heteroatoms. The summed E-state index contributed by atoms with van der Waals surface area (Å²) in [6, 6.07) is 12.3. The maximum absolute atomic E-state index is 12.6. The molecular weight excluding hydrogens is 340 g/mol. The largest absolute Gasteiger partial charge is 0.495 e. The lowest BCUT2D eigenvalue weighted by molar-refractivity contribution is -0.128. The van der Waals surface area contributed by atoms with Crippen molar-refractivity contribution in [3.8, 4) is 5.75 Å². The normalized spacial score (nSPS) is 13.8. The Kier molecular flexibility index (Phi) is 5.24. The summed E-state index contributed by atoms with van der Waals surface area (Å²) in [5.41, 5.74) is 1.97. The third-order valence-corrected chi connectivity index (χ3v) is 4.38. The summed E-state index contributed by atoms with van der Waals surface area (Å²) in [7, 11) is 1.53. The smallest absolute Gasteiger partial charge is 0.255 e. The predicted molar refractivity (Wildman–Crippen MR) is 97.1 cm³/mol. The van der Waals surface area contributed by atoms with Gasteiger partial charge in [0.2, 0.25) is 5.91 Å². The van der Waals surface area contributed by atoms with Crippen molar-refractivity contribution in [2.75, 3.05) is 19.0 Å². The van der Waals surface area contributed by atoms with Crippen molar-refractivity contribution < 1.29 is 14.3 Å². The molecule has 130 valence electrons. The lowest BCUT2D eigenvalue weighted by Gasteiger charge is -2.16. The second-order valence-corrected chi connectivity index (χ2v) is 6.35. The van der Waals surface area contributed by atoms with E-state index in [9.17, 15) is 9.59 Å². The molecule has 0 saturated carbocycles. The van der Waals surface area contributed by atoms with Crippen molar-refractivity contribution in [1.29, 1.82) is 0 Å². The summed E-state index contributed by atoms with van der Waals surface area (Å²) < 4.78 is 5.24. The Labute approximate surface area is 151 Å². The minimum absolute atomic E-state index is 0.165. The van der Waals surface area contributed by atoms with Gasteiger partial charge in [-0.25, -0.2) is 0 Å². The van der Waals surface area contributed by atoms with Crippen molar-refractivity contribution in [3.63, 3.8) is 0 Å². The number of benzene rings is 2. The highest BCUT2D eigenvalue weighted by Gasteiger charge is 2.20. The molecule has 0 radical (unpaired) electrons. The maximum atomic E-state index is 12.6. The van der Waals surface area contributed by atoms with Gasteiger partial charge in [-0.15, -0.1) is 0 Å². The second kappa shape index (κ2) is 7.57. The summed E-state index contributed by atoms with van der Waals surface area (Å²) in [5, 5.41) is 3.33. The number of nitrogens with zero attached hydrogens (tertiary/aromatic N) is 1. The summed E-state index contributed by atoms with van der Waals surface area (Å²) >= 11 is 5.99. The number of rotatable bonds is 5. The Morgan fingerprint density at radius 3 is 2.84 bits per heavy atom. The van der Waals surface area contributed by atoms with Gasteiger partial charge in [0.25, 0.3) is 5.91 Å². The quantitative estimate of drug-likeness (QED) is 0.886. The summed E-state index contributed by atoms with van der Waals surface area (Å²) in [5.74, 6) is 0.449. The Hall–Kier alpha value is -2.53. The van der Waals surface area contributed by atoms with E-state index in [1.807, 2.05) is 17.0 Å². The zero-order chi connectivity index (χ0) is 17.8. The first-order valence-corrected chi connectivity index (χ1v) is 8.46. The number of anilines is 1. The zero-order valence-corrected chi connectivity index (χ0v) is 14.7. The number of carbonyl (C=O) groups is 2. The molecule has 3 rings (SSSR count). The van der Waals surface area contributed by atoms with Crippen LogP contribution in [0.5, 0.6) is 5.75 Å². The van der Waals surface area contributed by atoms with Crippen molar-refractivity contribution in [3.05, 3.63) is 58.6 Å². The Bertz CT molecular complexity index is 807. The van der Waals surface area contributed by atoms with Gasteiger partial charge in [0, 0.05) is 30.1 Å². The molecule has 0 unspecified atom stereocenters. The summed E-state index contributed by atoms with van der Waals surface area (Å²) in [4.78, 5) is 26.1. The molecule has 1 aliphatic heterocycles. The highest BCUT2D eigenvalue weighted by atomic mass is 35.5. The van der Waals surface area contributed by atoms with Crippen LogP contribution in [0.25, 0.3) is 0 Å². The highest BCUT2D eigenvalue weighted by Crippen LogP contribution is 2.28. The first-order chi connectivity index (χ1) is 12.1. The van der Waals surface area contributed by atoms with E-state index >= 15 is 0 Å². The highest BCUT2D eigenvalue weighted by molar-refractivity contribution is 6.31. The number of nitrogens with one attached hydrogen (secondary N) is 1. The van der Waals surface area contributed by atoms with Crippen LogP contribution in [0.3, 0.4) is 0 Å². The van der Waals surface area contributed by atoms with E-state index in [1.54, 1.807) is 30.3 Å². The van der Waals surface area contributed by atoms with Crippen LogP contribution in [-0.4, -0.2) is 30.4 Å². The van der Waals surface area contributed by atoms with Crippen molar-refractivity contribution in [2.45, 2.75) is 19.4 Å². The fraction of sp³-hybridized carbons (Fsp3) is 0.263. The van der Waals surface area contributed by atoms with Crippen molar-refractivity contribution in [2.24, 2.45) is 0 Å². The van der Waals surface area contributed by atoms with E-state index in [0.717, 1.165) is 18.5 Å². The van der Waals surface area contributed by atoms with Crippen LogP contribution >= 0.6 is 11.6 Å². The SMILES string of the molecule is COc1ccc(Cl)cc1NC(=O)c1cccc(CN2CCCC2=O)c1. The number of hydrogen-bond donors (Lipinski definition) is 1. The van der Waals surface area contributed by atoms with Crippen molar-refractivity contribution >= 4 is 29.1 Å². The van der Waals surface area contributed by atoms with Gasteiger partial charge in [0.05, 0.1) is 12.8 Å². The molecular formula is C19H19ClN2O3. The monoisotopic (exact) mass is 358 g/mol. The molecule has 0 aromatic heterocycles. The van der Waals surface area contributed by atoms with Crippen LogP contribution in [0.1, 0.15) is 28.8 Å². The van der Waals surface area contributed by atoms with Gasteiger partial charge in [-0.1, -0.05) is 23.7 Å². The van der Waals surface area contributed by atoms with Gasteiger partial charge in [0.15, 0.2) is 0 Å². The van der Waals surface area contributed by atoms with Gasteiger partial charge < -0.3 is 15.0 Å². The number of amides is 2. The molecule has 2 aromatic rings. The van der Waals surface area contributed by atoms with Gasteiger partial charge in [-0.2, -0.15) is 0 Å². The molecule has 1 heterocycles. The molecule has 1 N–H and O–H groups in total. The zero-order valence-electron chi connectivity index (χ0n) is 13.9. The van der Waals surface area contributed by atoms with Crippen LogP contribution in [-0.2, 0) is 11.3 Å². The molecule has 0 spiro atoms. The van der Waals surface area contributed by atoms with E-state index in [2.05, 4.69) is 5.32 Å². The number of hydrogen-bond acceptors (Lipinski definition) is 3. The minimum Gasteiger partial charge on any atom is -0.495 e. The third-order valence-electron chi connectivity index (χ3n) is 4.14. The number of halogens is 1. The second-order valence-electron chi connectivity index (χ2n) is 5.92. The van der Waals surface area contributed by atoms with E-state index in [0.29, 0.717) is 35.0 Å². The molecule has 0 bridgehead atoms. The van der Waals surface area contributed by atoms with Crippen LogP contribution in [0.4, 0.5) is 5.69 Å². The number of likely N-dealkylation sites (tertiary alicyclic amines) is 1. The number of carbonyl (C=O) groups excluding carboxylic acids is 2. The lowest BCUT2D eigenvalue weighted by Crippen LogP contribution is -2.24. The maximum Gasteiger partial charge on any atom is 0.255 e. The van der Waals surface area contributed by atoms with Gasteiger partial charge in [-0.3, -0.25) is 9.59 Å². The van der Waals surface area contributed by atoms with E-state index in [-0.39, 0.29) is 11.8 Å². The molecule has 2 aromatic carbocycles. The molecule has 0 atom stereocenters. The Morgan fingerprint density at radius 1 is 1.28 bits per heavy atom. The minimum atomic E-state index is -0.254. The topological polar surface area (TPSA) is 58.6 Å². The molecule has 0 aliphatic carbocycles. The fourth-order valence-corrected chi connectivity index (χ4v) is 3.05. The molecule has 5 nitrogen and oxygen atoms in total. The predicted octanol–water partition coefficient (Wildman–Crippen LogP) is 3.72. The molecule has 1 fully saturated rings. The lowest BCUT2D eigenvalue weighted by atomic mass is 10.1. The Morgan fingerprint density at radius 2 is 2.12 bits per heavy atom. The van der Waals surface area contributed by atoms with Crippen LogP contribution < -0.4 is 10.1 Å². The standard InChI is InChI=1S/C19H19ClN2O3/c1-25-17-8-7-15(20)11-16(17)21-19(24)14-5-2-4-13(10-14)12-22-9-3-6-18(22)23/h2,4-5,7-8,10-11H,3,6,9,12H2,1H3,(H,21,24). The third kappa shape index (κ3) is 4.12. The van der Waals surface area contributed by atoms with Crippen molar-refractivity contribution in [1.82, 2.24) is 4.90 Å². The fourth-order valence-electron chi connectivity index (χ4n) is 2.87. The summed E-state index contributed by atoms with van der Waals surface area (Å²) in [6.45, 7) is 1.30. The van der Waals surface area contributed by atoms with E-state index in [4.69, 9.17) is 16.3 Å². The van der Waals surface area contributed by atoms with E-state index in [1.165, 1.54) is 7.11 Å². The average molecular weight is 359 g/mol. The van der Waals surface area contributed by atoms with Gasteiger partial charge >= 0.3 is 0 Å². The van der Waals surface area contributed by atoms with Gasteiger partial charge in [0.1, 0.15) is 5.75 Å². The first kappa shape index (κ1) is 17.3. The molecule has 1 saturated heterocycles. The van der Waals surface area contributed by atoms with E-state index < -0.39 is 0 Å². The number of methoxy groups -OCH3 is 1. The average Bonchev–Trinajstić information content (AvgIpc) is 3.00. The molecule has 2 amide bonds. The Balaban J connectivity index is 1.75. The number of ether oxygens (including phenoxy) is 1. The molecule has 25 heavy (non-hydrogen) atoms.